The third-order valence-corrected chi connectivity index (χ3v) is 5.33. The Morgan fingerprint density at radius 2 is 1.92 bits per heavy atom. The summed E-state index contributed by atoms with van der Waals surface area (Å²) in [7, 11) is 0. The van der Waals surface area contributed by atoms with Crippen LogP contribution in [0.2, 0.25) is 0 Å². The number of non-ortho nitro benzene ring substituents is 1. The van der Waals surface area contributed by atoms with Crippen molar-refractivity contribution in [1.82, 2.24) is 4.98 Å². The van der Waals surface area contributed by atoms with Crippen molar-refractivity contribution < 1.29 is 9.72 Å². The number of benzene rings is 1. The molecule has 0 bridgehead atoms. The van der Waals surface area contributed by atoms with Crippen LogP contribution in [0.25, 0.3) is 10.2 Å². The molecule has 0 radical (unpaired) electrons. The minimum Gasteiger partial charge on any atom is -0.397 e. The zero-order valence-corrected chi connectivity index (χ0v) is 14.5. The first-order valence-corrected chi connectivity index (χ1v) is 8.32. The second-order valence-electron chi connectivity index (χ2n) is 5.79. The zero-order chi connectivity index (χ0) is 18.3. The van der Waals surface area contributed by atoms with Gasteiger partial charge in [-0.05, 0) is 37.0 Å². The zero-order valence-electron chi connectivity index (χ0n) is 13.7. The highest BCUT2D eigenvalue weighted by molar-refractivity contribution is 7.21. The standard InChI is InChI=1S/C17H16N4O3S/c1-8-12(7-10-3-5-11(6-4-10)21(23)24)9(2)20-17-13(8)14(18)15(25-17)16(19)22/h3-6H,7,18H2,1-2H3,(H2,19,22). The number of rotatable bonds is 4. The molecule has 3 aromatic rings. The highest BCUT2D eigenvalue weighted by Crippen LogP contribution is 2.37. The molecule has 1 amide bonds. The van der Waals surface area contributed by atoms with Crippen LogP contribution in [0.4, 0.5) is 11.4 Å². The van der Waals surface area contributed by atoms with Crippen LogP contribution < -0.4 is 11.5 Å². The number of aromatic nitrogens is 1. The first-order chi connectivity index (χ1) is 11.8. The monoisotopic (exact) mass is 356 g/mol. The van der Waals surface area contributed by atoms with Crippen LogP contribution in [0, 0.1) is 24.0 Å². The van der Waals surface area contributed by atoms with Crippen molar-refractivity contribution in [3.63, 3.8) is 0 Å². The van der Waals surface area contributed by atoms with E-state index in [1.54, 1.807) is 12.1 Å². The Morgan fingerprint density at radius 3 is 2.48 bits per heavy atom. The molecule has 0 fully saturated rings. The molecule has 0 saturated heterocycles. The number of hydrogen-bond donors (Lipinski definition) is 2. The first kappa shape index (κ1) is 16.8. The quantitative estimate of drug-likeness (QED) is 0.549. The van der Waals surface area contributed by atoms with Crippen LogP contribution in [-0.2, 0) is 6.42 Å². The molecule has 2 heterocycles. The van der Waals surface area contributed by atoms with Crippen molar-refractivity contribution in [1.29, 1.82) is 0 Å². The van der Waals surface area contributed by atoms with Gasteiger partial charge in [0.2, 0.25) is 0 Å². The van der Waals surface area contributed by atoms with E-state index in [1.807, 2.05) is 13.8 Å². The third kappa shape index (κ3) is 2.91. The Bertz CT molecular complexity index is 1010. The maximum Gasteiger partial charge on any atom is 0.269 e. The van der Waals surface area contributed by atoms with Crippen LogP contribution in [-0.4, -0.2) is 15.8 Å². The summed E-state index contributed by atoms with van der Waals surface area (Å²) >= 11 is 1.19. The van der Waals surface area contributed by atoms with Crippen molar-refractivity contribution in [2.75, 3.05) is 5.73 Å². The molecule has 25 heavy (non-hydrogen) atoms. The van der Waals surface area contributed by atoms with Gasteiger partial charge in [-0.15, -0.1) is 11.3 Å². The van der Waals surface area contributed by atoms with Gasteiger partial charge in [-0.25, -0.2) is 4.98 Å². The third-order valence-electron chi connectivity index (χ3n) is 4.21. The SMILES string of the molecule is Cc1nc2sc(C(N)=O)c(N)c2c(C)c1Cc1ccc([N+](=O)[O-])cc1. The number of carbonyl (C=O) groups excluding carboxylic acids is 1. The minimum atomic E-state index is -0.561. The number of nitro groups is 1. The van der Waals surface area contributed by atoms with E-state index >= 15 is 0 Å². The Hall–Kier alpha value is -3.00. The molecule has 7 nitrogen and oxygen atoms in total. The number of nitrogen functional groups attached to an aromatic ring is 1. The van der Waals surface area contributed by atoms with E-state index in [1.165, 1.54) is 23.5 Å². The number of amides is 1. The van der Waals surface area contributed by atoms with E-state index in [-0.39, 0.29) is 5.69 Å². The predicted octanol–water partition coefficient (Wildman–Crippen LogP) is 3.09. The van der Waals surface area contributed by atoms with E-state index in [2.05, 4.69) is 4.98 Å². The van der Waals surface area contributed by atoms with Gasteiger partial charge in [0.25, 0.3) is 11.6 Å². The molecule has 0 aliphatic rings. The summed E-state index contributed by atoms with van der Waals surface area (Å²) in [6, 6.07) is 6.42. The van der Waals surface area contributed by atoms with Crippen LogP contribution in [0.3, 0.4) is 0 Å². The van der Waals surface area contributed by atoms with Crippen molar-refractivity contribution in [3.8, 4) is 0 Å². The van der Waals surface area contributed by atoms with E-state index in [4.69, 9.17) is 11.5 Å². The number of aryl methyl sites for hydroxylation is 2. The van der Waals surface area contributed by atoms with Crippen molar-refractivity contribution in [3.05, 3.63) is 61.6 Å². The van der Waals surface area contributed by atoms with Crippen molar-refractivity contribution in [2.24, 2.45) is 5.73 Å². The molecule has 0 atom stereocenters. The predicted molar refractivity (Wildman–Crippen MR) is 97.9 cm³/mol. The van der Waals surface area contributed by atoms with Gasteiger partial charge in [-0.2, -0.15) is 0 Å². The molecule has 0 unspecified atom stereocenters. The van der Waals surface area contributed by atoms with Gasteiger partial charge >= 0.3 is 0 Å². The fourth-order valence-corrected chi connectivity index (χ4v) is 3.95. The lowest BCUT2D eigenvalue weighted by atomic mass is 9.97. The van der Waals surface area contributed by atoms with Gasteiger partial charge in [0.05, 0.1) is 10.6 Å². The molecule has 4 N–H and O–H groups in total. The van der Waals surface area contributed by atoms with E-state index in [0.717, 1.165) is 27.8 Å². The second-order valence-corrected chi connectivity index (χ2v) is 6.79. The molecule has 1 aromatic carbocycles. The Labute approximate surface area is 147 Å². The average molecular weight is 356 g/mol. The van der Waals surface area contributed by atoms with Crippen LogP contribution >= 0.6 is 11.3 Å². The van der Waals surface area contributed by atoms with Gasteiger partial charge in [0, 0.05) is 23.2 Å². The molecule has 8 heteroatoms. The van der Waals surface area contributed by atoms with Gasteiger partial charge in [0.15, 0.2) is 0 Å². The number of thiophene rings is 1. The molecular formula is C17H16N4O3S. The van der Waals surface area contributed by atoms with Gasteiger partial charge in [-0.3, -0.25) is 14.9 Å². The summed E-state index contributed by atoms with van der Waals surface area (Å²) in [5, 5.41) is 11.5. The van der Waals surface area contributed by atoms with Gasteiger partial charge < -0.3 is 11.5 Å². The Kier molecular flexibility index (Phi) is 4.13. The fraction of sp³-hybridized carbons (Fsp3) is 0.176. The lowest BCUT2D eigenvalue weighted by Gasteiger charge is -2.11. The van der Waals surface area contributed by atoms with Crippen LogP contribution in [0.15, 0.2) is 24.3 Å². The maximum absolute atomic E-state index is 11.5. The molecule has 128 valence electrons. The summed E-state index contributed by atoms with van der Waals surface area (Å²) in [6.07, 6.45) is 0.569. The topological polar surface area (TPSA) is 125 Å². The number of nitrogens with zero attached hydrogens (tertiary/aromatic N) is 2. The lowest BCUT2D eigenvalue weighted by molar-refractivity contribution is -0.384. The van der Waals surface area contributed by atoms with E-state index in [9.17, 15) is 14.9 Å². The average Bonchev–Trinajstić information content (AvgIpc) is 2.88. The summed E-state index contributed by atoms with van der Waals surface area (Å²) < 4.78 is 0. The fourth-order valence-electron chi connectivity index (χ4n) is 2.90. The molecule has 0 aliphatic carbocycles. The molecule has 0 spiro atoms. The lowest BCUT2D eigenvalue weighted by Crippen LogP contribution is -2.10. The van der Waals surface area contributed by atoms with E-state index in [0.29, 0.717) is 21.8 Å². The summed E-state index contributed by atoms with van der Waals surface area (Å²) in [5.41, 5.74) is 15.6. The molecule has 0 saturated carbocycles. The highest BCUT2D eigenvalue weighted by atomic mass is 32.1. The van der Waals surface area contributed by atoms with Crippen molar-refractivity contribution >= 4 is 38.8 Å². The number of nitro benzene ring substituents is 1. The molecule has 3 rings (SSSR count). The normalized spacial score (nSPS) is 11.0. The number of primary amides is 1. The summed E-state index contributed by atoms with van der Waals surface area (Å²) in [5.74, 6) is -0.561. The number of hydrogen-bond acceptors (Lipinski definition) is 6. The smallest absolute Gasteiger partial charge is 0.269 e. The Morgan fingerprint density at radius 1 is 1.28 bits per heavy atom. The number of carbonyl (C=O) groups is 1. The van der Waals surface area contributed by atoms with Crippen LogP contribution in [0.5, 0.6) is 0 Å². The van der Waals surface area contributed by atoms with E-state index < -0.39 is 10.8 Å². The Balaban J connectivity index is 2.08. The largest absolute Gasteiger partial charge is 0.397 e. The highest BCUT2D eigenvalue weighted by Gasteiger charge is 2.20. The number of nitrogens with two attached hydrogens (primary N) is 2. The van der Waals surface area contributed by atoms with Gasteiger partial charge in [-0.1, -0.05) is 12.1 Å². The van der Waals surface area contributed by atoms with Crippen molar-refractivity contribution in [2.45, 2.75) is 20.3 Å². The van der Waals surface area contributed by atoms with Gasteiger partial charge in [0.1, 0.15) is 9.71 Å². The summed E-state index contributed by atoms with van der Waals surface area (Å²) in [6.45, 7) is 3.83. The second kappa shape index (κ2) is 6.14. The number of anilines is 1. The number of pyridine rings is 1. The minimum absolute atomic E-state index is 0.0546. The van der Waals surface area contributed by atoms with Crippen LogP contribution in [0.1, 0.15) is 32.1 Å². The molecule has 0 aliphatic heterocycles. The first-order valence-electron chi connectivity index (χ1n) is 7.50. The molecular weight excluding hydrogens is 340 g/mol. The summed E-state index contributed by atoms with van der Waals surface area (Å²) in [4.78, 5) is 27.4. The molecule has 2 aromatic heterocycles. The maximum atomic E-state index is 11.5. The number of fused-ring (bicyclic) bond motifs is 1.